The van der Waals surface area contributed by atoms with E-state index in [-0.39, 0.29) is 22.8 Å². The number of benzene rings is 2. The lowest BCUT2D eigenvalue weighted by atomic mass is 10.2. The second kappa shape index (κ2) is 11.0. The van der Waals surface area contributed by atoms with E-state index in [1.165, 1.54) is 6.08 Å². The predicted molar refractivity (Wildman–Crippen MR) is 121 cm³/mol. The number of nitrogens with one attached hydrogen (secondary N) is 3. The summed E-state index contributed by atoms with van der Waals surface area (Å²) in [5, 5.41) is 8.52. The summed E-state index contributed by atoms with van der Waals surface area (Å²) >= 11 is 5.16. The molecule has 0 aliphatic carbocycles. The molecule has 0 heterocycles. The highest BCUT2D eigenvalue weighted by Gasteiger charge is 2.07. The smallest absolute Gasteiger partial charge is 0.250 e. The van der Waals surface area contributed by atoms with Gasteiger partial charge in [0.15, 0.2) is 5.11 Å². The zero-order valence-corrected chi connectivity index (χ0v) is 17.5. The van der Waals surface area contributed by atoms with Crippen LogP contribution in [0.5, 0.6) is 5.75 Å². The standard InChI is InChI=1S/C22H25N3O3S/c1-4-28-19-12-5-16(6-13-19)7-14-20(26)25-22(29)24-18-10-8-17(9-11-18)23-21(27)15(2)3/h5-15H,4H2,1-3H3,(H,23,27)(H2,24,25,26,29)/b14-7+. The minimum Gasteiger partial charge on any atom is -0.494 e. The molecule has 7 heteroatoms. The van der Waals surface area contributed by atoms with Gasteiger partial charge in [0, 0.05) is 23.4 Å². The van der Waals surface area contributed by atoms with Crippen LogP contribution in [-0.4, -0.2) is 23.5 Å². The Morgan fingerprint density at radius 1 is 1.00 bits per heavy atom. The van der Waals surface area contributed by atoms with E-state index in [4.69, 9.17) is 17.0 Å². The van der Waals surface area contributed by atoms with Gasteiger partial charge in [-0.1, -0.05) is 26.0 Å². The third-order valence-corrected chi connectivity index (χ3v) is 3.99. The van der Waals surface area contributed by atoms with E-state index in [2.05, 4.69) is 16.0 Å². The number of ether oxygens (including phenoxy) is 1. The Labute approximate surface area is 176 Å². The summed E-state index contributed by atoms with van der Waals surface area (Å²) in [7, 11) is 0. The van der Waals surface area contributed by atoms with Crippen molar-refractivity contribution in [3.05, 3.63) is 60.2 Å². The van der Waals surface area contributed by atoms with Crippen molar-refractivity contribution in [3.8, 4) is 5.75 Å². The molecule has 0 aliphatic rings. The van der Waals surface area contributed by atoms with Crippen LogP contribution in [0.1, 0.15) is 26.3 Å². The van der Waals surface area contributed by atoms with Gasteiger partial charge in [-0.2, -0.15) is 0 Å². The quantitative estimate of drug-likeness (QED) is 0.470. The highest BCUT2D eigenvalue weighted by Crippen LogP contribution is 2.15. The summed E-state index contributed by atoms with van der Waals surface area (Å²) < 4.78 is 5.38. The number of rotatable bonds is 7. The van der Waals surface area contributed by atoms with Crippen LogP contribution in [0.15, 0.2) is 54.6 Å². The minimum absolute atomic E-state index is 0.0483. The second-order valence-corrected chi connectivity index (χ2v) is 6.91. The molecule has 3 N–H and O–H groups in total. The SMILES string of the molecule is CCOc1ccc(/C=C/C(=O)NC(=S)Nc2ccc(NC(=O)C(C)C)cc2)cc1. The molecule has 0 bridgehead atoms. The molecule has 2 amide bonds. The van der Waals surface area contributed by atoms with Gasteiger partial charge in [0.05, 0.1) is 6.61 Å². The molecule has 29 heavy (non-hydrogen) atoms. The lowest BCUT2D eigenvalue weighted by molar-refractivity contribution is -0.119. The Morgan fingerprint density at radius 2 is 1.59 bits per heavy atom. The lowest BCUT2D eigenvalue weighted by Gasteiger charge is -2.10. The fourth-order valence-corrected chi connectivity index (χ4v) is 2.47. The number of anilines is 2. The number of hydrogen-bond donors (Lipinski definition) is 3. The summed E-state index contributed by atoms with van der Waals surface area (Å²) in [6, 6.07) is 14.5. The van der Waals surface area contributed by atoms with E-state index >= 15 is 0 Å². The van der Waals surface area contributed by atoms with E-state index in [0.717, 1.165) is 11.3 Å². The molecule has 0 saturated heterocycles. The first-order chi connectivity index (χ1) is 13.9. The van der Waals surface area contributed by atoms with Crippen LogP contribution < -0.4 is 20.7 Å². The predicted octanol–water partition coefficient (Wildman–Crippen LogP) is 4.21. The molecule has 0 fully saturated rings. The number of thiocarbonyl (C=S) groups is 1. The molecule has 0 atom stereocenters. The van der Waals surface area contributed by atoms with E-state index in [1.807, 2.05) is 45.0 Å². The van der Waals surface area contributed by atoms with Crippen LogP contribution in [0, 0.1) is 5.92 Å². The minimum atomic E-state index is -0.336. The molecule has 2 aromatic carbocycles. The molecule has 0 saturated carbocycles. The van der Waals surface area contributed by atoms with E-state index in [1.54, 1.807) is 30.3 Å². The molecule has 0 spiro atoms. The van der Waals surface area contributed by atoms with Gasteiger partial charge < -0.3 is 15.4 Å². The number of amides is 2. The topological polar surface area (TPSA) is 79.5 Å². The largest absolute Gasteiger partial charge is 0.494 e. The van der Waals surface area contributed by atoms with Crippen molar-refractivity contribution in [2.24, 2.45) is 5.92 Å². The summed E-state index contributed by atoms with van der Waals surface area (Å²) in [5.41, 5.74) is 2.28. The molecule has 0 unspecified atom stereocenters. The molecule has 2 aromatic rings. The van der Waals surface area contributed by atoms with Crippen molar-refractivity contribution in [2.45, 2.75) is 20.8 Å². The van der Waals surface area contributed by atoms with Gasteiger partial charge in [-0.15, -0.1) is 0 Å². The third kappa shape index (κ3) is 7.75. The number of carbonyl (C=O) groups excluding carboxylic acids is 2. The second-order valence-electron chi connectivity index (χ2n) is 6.50. The molecule has 152 valence electrons. The molecular formula is C22H25N3O3S. The molecule has 0 aromatic heterocycles. The fourth-order valence-electron chi connectivity index (χ4n) is 2.25. The Bertz CT molecular complexity index is 875. The van der Waals surface area contributed by atoms with Gasteiger partial charge in [-0.25, -0.2) is 0 Å². The van der Waals surface area contributed by atoms with Gasteiger partial charge in [0.2, 0.25) is 11.8 Å². The highest BCUT2D eigenvalue weighted by molar-refractivity contribution is 7.80. The van der Waals surface area contributed by atoms with Gasteiger partial charge in [0.1, 0.15) is 5.75 Å². The van der Waals surface area contributed by atoms with Crippen molar-refractivity contribution in [1.29, 1.82) is 0 Å². The Hall–Kier alpha value is -3.19. The Balaban J connectivity index is 1.83. The summed E-state index contributed by atoms with van der Waals surface area (Å²) in [4.78, 5) is 23.7. The maximum Gasteiger partial charge on any atom is 0.250 e. The zero-order valence-electron chi connectivity index (χ0n) is 16.7. The Morgan fingerprint density at radius 3 is 2.14 bits per heavy atom. The Kier molecular flexibility index (Phi) is 8.36. The van der Waals surface area contributed by atoms with Crippen LogP contribution in [0.3, 0.4) is 0 Å². The van der Waals surface area contributed by atoms with Crippen LogP contribution in [0.2, 0.25) is 0 Å². The van der Waals surface area contributed by atoms with Gasteiger partial charge in [-0.3, -0.25) is 14.9 Å². The molecular weight excluding hydrogens is 386 g/mol. The summed E-state index contributed by atoms with van der Waals surface area (Å²) in [6.45, 7) is 6.19. The van der Waals surface area contributed by atoms with Gasteiger partial charge in [0.25, 0.3) is 0 Å². The van der Waals surface area contributed by atoms with Crippen molar-refractivity contribution < 1.29 is 14.3 Å². The highest BCUT2D eigenvalue weighted by atomic mass is 32.1. The van der Waals surface area contributed by atoms with Crippen LogP contribution >= 0.6 is 12.2 Å². The van der Waals surface area contributed by atoms with Crippen LogP contribution in [0.4, 0.5) is 11.4 Å². The molecule has 0 radical (unpaired) electrons. The fraction of sp³-hybridized carbons (Fsp3) is 0.227. The summed E-state index contributed by atoms with van der Waals surface area (Å²) in [6.07, 6.45) is 3.11. The van der Waals surface area contributed by atoms with Crippen molar-refractivity contribution in [2.75, 3.05) is 17.2 Å². The maximum atomic E-state index is 12.0. The molecule has 6 nitrogen and oxygen atoms in total. The van der Waals surface area contributed by atoms with E-state index in [9.17, 15) is 9.59 Å². The molecule has 0 aliphatic heterocycles. The number of carbonyl (C=O) groups is 2. The van der Waals surface area contributed by atoms with Crippen LogP contribution in [-0.2, 0) is 9.59 Å². The van der Waals surface area contributed by atoms with Crippen molar-refractivity contribution in [1.82, 2.24) is 5.32 Å². The third-order valence-electron chi connectivity index (χ3n) is 3.79. The molecule has 2 rings (SSSR count). The van der Waals surface area contributed by atoms with Crippen molar-refractivity contribution >= 4 is 46.6 Å². The van der Waals surface area contributed by atoms with E-state index < -0.39 is 0 Å². The van der Waals surface area contributed by atoms with E-state index in [0.29, 0.717) is 18.0 Å². The number of hydrogen-bond acceptors (Lipinski definition) is 4. The maximum absolute atomic E-state index is 12.0. The first-order valence-corrected chi connectivity index (χ1v) is 9.72. The zero-order chi connectivity index (χ0) is 21.2. The monoisotopic (exact) mass is 411 g/mol. The van der Waals surface area contributed by atoms with Gasteiger partial charge >= 0.3 is 0 Å². The van der Waals surface area contributed by atoms with Crippen molar-refractivity contribution in [3.63, 3.8) is 0 Å². The summed E-state index contributed by atoms with van der Waals surface area (Å²) in [5.74, 6) is 0.311. The first-order valence-electron chi connectivity index (χ1n) is 9.31. The average molecular weight is 412 g/mol. The van der Waals surface area contributed by atoms with Gasteiger partial charge in [-0.05, 0) is 67.2 Å². The van der Waals surface area contributed by atoms with Crippen LogP contribution in [0.25, 0.3) is 6.08 Å². The normalized spacial score (nSPS) is 10.6. The first kappa shape index (κ1) is 22.1. The lowest BCUT2D eigenvalue weighted by Crippen LogP contribution is -2.32. The average Bonchev–Trinajstić information content (AvgIpc) is 2.69.